The Kier molecular flexibility index (Phi) is 7.15. The molecule has 0 fully saturated rings. The molecule has 0 N–H and O–H groups in total. The third kappa shape index (κ3) is 10.9. The Bertz CT molecular complexity index is 253. The molecular formula is C12H33NO3Si3. The fraction of sp³-hybridized carbons (Fsp3) is 1.00. The average molecular weight is 324 g/mol. The maximum Gasteiger partial charge on any atom is 0.215 e. The van der Waals surface area contributed by atoms with E-state index in [1.165, 1.54) is 0 Å². The van der Waals surface area contributed by atoms with Crippen LogP contribution in [0.2, 0.25) is 58.9 Å². The standard InChI is InChI=1S/C12H33NO3Si3/c1-11-12(14-17(2,3)4)13(15-18(5,6)7)16-19(8,9)10/h12H,11H2,1-10H3. The van der Waals surface area contributed by atoms with E-state index in [0.717, 1.165) is 6.42 Å². The van der Waals surface area contributed by atoms with Gasteiger partial charge in [0.1, 0.15) is 6.23 Å². The molecule has 1 unspecified atom stereocenters. The Labute approximate surface area is 122 Å². The molecule has 19 heavy (non-hydrogen) atoms. The van der Waals surface area contributed by atoms with E-state index >= 15 is 0 Å². The fourth-order valence-corrected chi connectivity index (χ4v) is 3.89. The fourth-order valence-electron chi connectivity index (χ4n) is 1.36. The minimum atomic E-state index is -1.72. The molecule has 4 nitrogen and oxygen atoms in total. The van der Waals surface area contributed by atoms with Crippen LogP contribution >= 0.6 is 0 Å². The van der Waals surface area contributed by atoms with Crippen molar-refractivity contribution < 1.29 is 13.5 Å². The van der Waals surface area contributed by atoms with Crippen LogP contribution in [-0.2, 0) is 13.5 Å². The minimum absolute atomic E-state index is 0.106. The predicted octanol–water partition coefficient (Wildman–Crippen LogP) is 4.41. The molecule has 0 saturated heterocycles. The van der Waals surface area contributed by atoms with Crippen LogP contribution in [0.15, 0.2) is 0 Å². The van der Waals surface area contributed by atoms with Gasteiger partial charge in [-0.1, -0.05) is 12.2 Å². The molecule has 0 rings (SSSR count). The lowest BCUT2D eigenvalue weighted by molar-refractivity contribution is -0.334. The lowest BCUT2D eigenvalue weighted by atomic mass is 10.4. The van der Waals surface area contributed by atoms with Gasteiger partial charge < -0.3 is 13.5 Å². The van der Waals surface area contributed by atoms with Crippen molar-refractivity contribution in [1.82, 2.24) is 5.23 Å². The van der Waals surface area contributed by atoms with Crippen LogP contribution in [0, 0.1) is 0 Å². The van der Waals surface area contributed by atoms with E-state index in [1.54, 1.807) is 5.23 Å². The summed E-state index contributed by atoms with van der Waals surface area (Å²) in [6, 6.07) is 0. The van der Waals surface area contributed by atoms with Crippen LogP contribution in [0.4, 0.5) is 0 Å². The van der Waals surface area contributed by atoms with Crippen molar-refractivity contribution in [3.05, 3.63) is 0 Å². The molecular weight excluding hydrogens is 290 g/mol. The molecule has 0 aromatic rings. The smallest absolute Gasteiger partial charge is 0.215 e. The Morgan fingerprint density at radius 2 is 1.11 bits per heavy atom. The highest BCUT2D eigenvalue weighted by molar-refractivity contribution is 6.70. The van der Waals surface area contributed by atoms with Crippen LogP contribution in [0.1, 0.15) is 13.3 Å². The van der Waals surface area contributed by atoms with Crippen LogP contribution in [0.3, 0.4) is 0 Å². The summed E-state index contributed by atoms with van der Waals surface area (Å²) in [5.41, 5.74) is 0. The van der Waals surface area contributed by atoms with Crippen molar-refractivity contribution >= 4 is 25.0 Å². The topological polar surface area (TPSA) is 30.9 Å². The van der Waals surface area contributed by atoms with Crippen molar-refractivity contribution in [3.63, 3.8) is 0 Å². The highest BCUT2D eigenvalue weighted by atomic mass is 28.4. The normalized spacial score (nSPS) is 15.9. The van der Waals surface area contributed by atoms with Gasteiger partial charge in [0.05, 0.1) is 0 Å². The molecule has 116 valence electrons. The van der Waals surface area contributed by atoms with Crippen LogP contribution in [0.5, 0.6) is 0 Å². The maximum atomic E-state index is 6.20. The molecule has 0 aromatic carbocycles. The van der Waals surface area contributed by atoms with Gasteiger partial charge in [-0.25, -0.2) is 0 Å². The second-order valence-electron chi connectivity index (χ2n) is 7.79. The van der Waals surface area contributed by atoms with Gasteiger partial charge in [0.25, 0.3) is 0 Å². The summed E-state index contributed by atoms with van der Waals surface area (Å²) in [6.45, 7) is 21.7. The largest absolute Gasteiger partial charge is 0.398 e. The first-order chi connectivity index (χ1) is 8.23. The molecule has 7 heteroatoms. The molecule has 0 aromatic heterocycles. The summed E-state index contributed by atoms with van der Waals surface area (Å²) < 4.78 is 18.4. The Hall–Kier alpha value is 0.491. The zero-order valence-electron chi connectivity index (χ0n) is 14.5. The lowest BCUT2D eigenvalue weighted by Gasteiger charge is -2.39. The van der Waals surface area contributed by atoms with Crippen molar-refractivity contribution in [2.75, 3.05) is 0 Å². The van der Waals surface area contributed by atoms with Crippen molar-refractivity contribution in [2.45, 2.75) is 78.5 Å². The van der Waals surface area contributed by atoms with E-state index in [0.29, 0.717) is 0 Å². The van der Waals surface area contributed by atoms with Crippen LogP contribution in [-0.4, -0.2) is 36.4 Å². The lowest BCUT2D eigenvalue weighted by Crippen LogP contribution is -2.51. The van der Waals surface area contributed by atoms with E-state index in [1.807, 2.05) is 0 Å². The Balaban J connectivity index is 4.97. The number of rotatable bonds is 8. The summed E-state index contributed by atoms with van der Waals surface area (Å²) in [4.78, 5) is 0. The number of nitrogens with zero attached hydrogens (tertiary/aromatic N) is 1. The number of hydroxylamine groups is 2. The zero-order valence-corrected chi connectivity index (χ0v) is 17.5. The quantitative estimate of drug-likeness (QED) is 0.376. The van der Waals surface area contributed by atoms with Gasteiger partial charge in [0.2, 0.25) is 16.6 Å². The Morgan fingerprint density at radius 1 is 0.737 bits per heavy atom. The van der Waals surface area contributed by atoms with E-state index in [-0.39, 0.29) is 6.23 Å². The molecule has 1 atom stereocenters. The van der Waals surface area contributed by atoms with Gasteiger partial charge in [-0.05, 0) is 65.3 Å². The highest BCUT2D eigenvalue weighted by Gasteiger charge is 2.33. The SMILES string of the molecule is CCC(O[Si](C)(C)C)N(O[Si](C)(C)C)O[Si](C)(C)C. The van der Waals surface area contributed by atoms with Gasteiger partial charge >= 0.3 is 0 Å². The van der Waals surface area contributed by atoms with E-state index in [4.69, 9.17) is 13.5 Å². The average Bonchev–Trinajstić information content (AvgIpc) is 2.06. The third-order valence-corrected chi connectivity index (χ3v) is 4.24. The Morgan fingerprint density at radius 3 is 1.32 bits per heavy atom. The van der Waals surface area contributed by atoms with Crippen molar-refractivity contribution in [3.8, 4) is 0 Å². The van der Waals surface area contributed by atoms with Gasteiger partial charge in [-0.2, -0.15) is 0 Å². The van der Waals surface area contributed by atoms with Gasteiger partial charge in [-0.3, -0.25) is 0 Å². The van der Waals surface area contributed by atoms with Gasteiger partial charge in [0, 0.05) is 0 Å². The zero-order chi connectivity index (χ0) is 15.5. The second-order valence-corrected chi connectivity index (χ2v) is 21.1. The van der Waals surface area contributed by atoms with Crippen molar-refractivity contribution in [2.24, 2.45) is 0 Å². The van der Waals surface area contributed by atoms with Crippen LogP contribution < -0.4 is 0 Å². The molecule has 0 aliphatic carbocycles. The summed E-state index contributed by atoms with van der Waals surface area (Å²) >= 11 is 0. The van der Waals surface area contributed by atoms with Gasteiger partial charge in [0.15, 0.2) is 8.32 Å². The highest BCUT2D eigenvalue weighted by Crippen LogP contribution is 2.21. The summed E-state index contributed by atoms with van der Waals surface area (Å²) in [5.74, 6) is 0. The van der Waals surface area contributed by atoms with E-state index in [9.17, 15) is 0 Å². The molecule has 0 radical (unpaired) electrons. The maximum absolute atomic E-state index is 6.20. The third-order valence-electron chi connectivity index (χ3n) is 1.80. The predicted molar refractivity (Wildman–Crippen MR) is 89.2 cm³/mol. The molecule has 0 aliphatic heterocycles. The molecule has 0 heterocycles. The molecule has 0 saturated carbocycles. The molecule has 0 spiro atoms. The first kappa shape index (κ1) is 19.5. The minimum Gasteiger partial charge on any atom is -0.398 e. The molecule has 0 aliphatic rings. The number of hydrogen-bond acceptors (Lipinski definition) is 4. The first-order valence-electron chi connectivity index (χ1n) is 7.09. The monoisotopic (exact) mass is 323 g/mol. The molecule has 0 amide bonds. The summed E-state index contributed by atoms with van der Waals surface area (Å²) in [7, 11) is -5.06. The van der Waals surface area contributed by atoms with Crippen LogP contribution in [0.25, 0.3) is 0 Å². The summed E-state index contributed by atoms with van der Waals surface area (Å²) in [5, 5.41) is 1.68. The van der Waals surface area contributed by atoms with Crippen molar-refractivity contribution in [1.29, 1.82) is 0 Å². The van der Waals surface area contributed by atoms with Gasteiger partial charge in [-0.15, -0.1) is 0 Å². The van der Waals surface area contributed by atoms with E-state index in [2.05, 4.69) is 65.8 Å². The van der Waals surface area contributed by atoms with E-state index < -0.39 is 25.0 Å². The second kappa shape index (κ2) is 6.97. The summed E-state index contributed by atoms with van der Waals surface area (Å²) in [6.07, 6.45) is 0.754. The first-order valence-corrected chi connectivity index (χ1v) is 17.3. The number of hydrogen-bond donors (Lipinski definition) is 0. The molecule has 0 bridgehead atoms.